The van der Waals surface area contributed by atoms with Gasteiger partial charge in [0, 0.05) is 12.2 Å². The van der Waals surface area contributed by atoms with Gasteiger partial charge < -0.3 is 43.4 Å². The third-order valence-corrected chi connectivity index (χ3v) is 4.24. The fourth-order valence-electron chi connectivity index (χ4n) is 2.26. The van der Waals surface area contributed by atoms with Gasteiger partial charge >= 0.3 is 11.9 Å². The highest BCUT2D eigenvalue weighted by Crippen LogP contribution is 2.02. The van der Waals surface area contributed by atoms with Crippen LogP contribution in [0.2, 0.25) is 0 Å². The zero-order valence-corrected chi connectivity index (χ0v) is 17.7. The van der Waals surface area contributed by atoms with Crippen LogP contribution in [-0.2, 0) is 33.6 Å². The van der Waals surface area contributed by atoms with Gasteiger partial charge in [0.1, 0.15) is 18.1 Å². The maximum atomic E-state index is 12.5. The number of carbonyl (C=O) groups is 7. The molecule has 11 N–H and O–H groups in total. The summed E-state index contributed by atoms with van der Waals surface area (Å²) in [6.07, 6.45) is -2.24. The lowest BCUT2D eigenvalue weighted by Gasteiger charge is -2.23. The van der Waals surface area contributed by atoms with Crippen molar-refractivity contribution < 1.29 is 43.8 Å². The summed E-state index contributed by atoms with van der Waals surface area (Å²) in [6, 6.07) is -5.95. The Morgan fingerprint density at radius 2 is 1.22 bits per heavy atom. The number of carbonyl (C=O) groups excluding carboxylic acids is 5. The molecule has 16 heteroatoms. The fraction of sp³-hybridized carbons (Fsp3) is 0.562. The third-order valence-electron chi connectivity index (χ3n) is 3.87. The number of thiol groups is 1. The van der Waals surface area contributed by atoms with Gasteiger partial charge in [0.2, 0.25) is 29.5 Å². The summed E-state index contributed by atoms with van der Waals surface area (Å²) >= 11 is 3.91. The Kier molecular flexibility index (Phi) is 12.3. The quantitative estimate of drug-likeness (QED) is 0.102. The summed E-state index contributed by atoms with van der Waals surface area (Å²) in [6.45, 7) is 0. The van der Waals surface area contributed by atoms with Crippen LogP contribution in [0.15, 0.2) is 0 Å². The van der Waals surface area contributed by atoms with Crippen molar-refractivity contribution in [2.45, 2.75) is 49.9 Å². The number of rotatable bonds is 15. The van der Waals surface area contributed by atoms with E-state index in [2.05, 4.69) is 23.3 Å². The number of hydrogen-bond acceptors (Lipinski definition) is 9. The number of primary amides is 2. The Bertz CT molecular complexity index is 762. The van der Waals surface area contributed by atoms with Gasteiger partial charge in [-0.15, -0.1) is 0 Å². The summed E-state index contributed by atoms with van der Waals surface area (Å²) in [4.78, 5) is 80.9. The van der Waals surface area contributed by atoms with E-state index in [-0.39, 0.29) is 5.75 Å². The van der Waals surface area contributed by atoms with E-state index < -0.39 is 91.3 Å². The molecule has 4 atom stereocenters. The van der Waals surface area contributed by atoms with Gasteiger partial charge in [-0.1, -0.05) is 0 Å². The molecule has 0 spiro atoms. The molecule has 0 radical (unpaired) electrons. The molecular weight excluding hydrogens is 452 g/mol. The van der Waals surface area contributed by atoms with Crippen molar-refractivity contribution in [3.8, 4) is 0 Å². The molecule has 0 aliphatic carbocycles. The third kappa shape index (κ3) is 11.1. The number of nitrogens with one attached hydrogen (secondary N) is 3. The molecule has 0 heterocycles. The Labute approximate surface area is 187 Å². The number of carboxylic acid groups (broad SMARTS) is 2. The molecule has 0 bridgehead atoms. The summed E-state index contributed by atoms with van der Waals surface area (Å²) in [5.41, 5.74) is 15.5. The molecule has 0 fully saturated rings. The van der Waals surface area contributed by atoms with E-state index in [4.69, 9.17) is 27.4 Å². The first-order chi connectivity index (χ1) is 14.8. The van der Waals surface area contributed by atoms with Crippen LogP contribution in [0.3, 0.4) is 0 Å². The van der Waals surface area contributed by atoms with E-state index >= 15 is 0 Å². The topological polar surface area (TPSA) is 274 Å². The maximum absolute atomic E-state index is 12.5. The van der Waals surface area contributed by atoms with E-state index in [1.807, 2.05) is 5.32 Å². The summed E-state index contributed by atoms with van der Waals surface area (Å²) in [5, 5.41) is 24.2. The normalized spacial score (nSPS) is 14.2. The van der Waals surface area contributed by atoms with Gasteiger partial charge in [-0.2, -0.15) is 12.6 Å². The second-order valence-electron chi connectivity index (χ2n) is 6.58. The van der Waals surface area contributed by atoms with Crippen LogP contribution in [0.1, 0.15) is 25.7 Å². The Balaban J connectivity index is 5.30. The highest BCUT2D eigenvalue weighted by Gasteiger charge is 2.31. The van der Waals surface area contributed by atoms with Crippen molar-refractivity contribution in [3.05, 3.63) is 0 Å². The minimum atomic E-state index is -1.63. The number of nitrogens with two attached hydrogens (primary N) is 3. The maximum Gasteiger partial charge on any atom is 0.326 e. The SMILES string of the molecule is NC(=O)CC(N)C(=O)NC(CS)C(=O)NC(CC(N)=O)C(=O)NC(CCC(=O)O)C(=O)O. The van der Waals surface area contributed by atoms with Crippen molar-refractivity contribution in [2.24, 2.45) is 17.2 Å². The van der Waals surface area contributed by atoms with Gasteiger partial charge in [-0.05, 0) is 6.42 Å². The van der Waals surface area contributed by atoms with Gasteiger partial charge in [-0.3, -0.25) is 28.8 Å². The Morgan fingerprint density at radius 1 is 0.750 bits per heavy atom. The smallest absolute Gasteiger partial charge is 0.326 e. The standard InChI is InChI=1S/C16H26N6O9S/c17-6(3-10(18)23)13(27)22-9(5-32)15(29)21-8(4-11(19)24)14(28)20-7(16(30)31)1-2-12(25)26/h6-9,32H,1-5,17H2,(H2,18,23)(H2,19,24)(H,20,28)(H,21,29)(H,22,27)(H,25,26)(H,30,31). The molecule has 4 unspecified atom stereocenters. The molecular formula is C16H26N6O9S. The Hall–Kier alpha value is -3.40. The Morgan fingerprint density at radius 3 is 1.66 bits per heavy atom. The highest BCUT2D eigenvalue weighted by atomic mass is 32.1. The number of hydrogen-bond donors (Lipinski definition) is 9. The number of aliphatic carboxylic acids is 2. The fourth-order valence-corrected chi connectivity index (χ4v) is 2.52. The van der Waals surface area contributed by atoms with Gasteiger partial charge in [0.15, 0.2) is 0 Å². The highest BCUT2D eigenvalue weighted by molar-refractivity contribution is 7.80. The average Bonchev–Trinajstić information content (AvgIpc) is 2.66. The van der Waals surface area contributed by atoms with Crippen LogP contribution in [0.5, 0.6) is 0 Å². The van der Waals surface area contributed by atoms with Crippen molar-refractivity contribution in [3.63, 3.8) is 0 Å². The van der Waals surface area contributed by atoms with E-state index in [0.717, 1.165) is 0 Å². The lowest BCUT2D eigenvalue weighted by atomic mass is 10.1. The lowest BCUT2D eigenvalue weighted by molar-refractivity contribution is -0.143. The zero-order valence-electron chi connectivity index (χ0n) is 16.8. The molecule has 15 nitrogen and oxygen atoms in total. The zero-order chi connectivity index (χ0) is 25.0. The summed E-state index contributed by atoms with van der Waals surface area (Å²) in [5.74, 6) is -7.99. The molecule has 5 amide bonds. The van der Waals surface area contributed by atoms with Crippen LogP contribution in [0.25, 0.3) is 0 Å². The van der Waals surface area contributed by atoms with E-state index in [9.17, 15) is 33.6 Å². The van der Waals surface area contributed by atoms with Gasteiger partial charge in [0.05, 0.1) is 18.9 Å². The largest absolute Gasteiger partial charge is 0.481 e. The van der Waals surface area contributed by atoms with Crippen molar-refractivity contribution >= 4 is 54.1 Å². The molecule has 32 heavy (non-hydrogen) atoms. The van der Waals surface area contributed by atoms with Crippen LogP contribution in [0.4, 0.5) is 0 Å². The van der Waals surface area contributed by atoms with E-state index in [1.165, 1.54) is 0 Å². The second-order valence-corrected chi connectivity index (χ2v) is 6.95. The van der Waals surface area contributed by atoms with Crippen LogP contribution < -0.4 is 33.2 Å². The van der Waals surface area contributed by atoms with E-state index in [0.29, 0.717) is 0 Å². The minimum absolute atomic E-state index is 0.276. The molecule has 0 aromatic carbocycles. The van der Waals surface area contributed by atoms with Crippen LogP contribution in [0, 0.1) is 0 Å². The van der Waals surface area contributed by atoms with Crippen molar-refractivity contribution in [1.29, 1.82) is 0 Å². The molecule has 0 saturated carbocycles. The predicted octanol–water partition coefficient (Wildman–Crippen LogP) is -4.60. The molecule has 0 aliphatic heterocycles. The van der Waals surface area contributed by atoms with Gasteiger partial charge in [0.25, 0.3) is 0 Å². The average molecular weight is 478 g/mol. The molecule has 0 rings (SSSR count). The van der Waals surface area contributed by atoms with Crippen molar-refractivity contribution in [1.82, 2.24) is 16.0 Å². The first kappa shape index (κ1) is 28.6. The minimum Gasteiger partial charge on any atom is -0.481 e. The predicted molar refractivity (Wildman–Crippen MR) is 110 cm³/mol. The summed E-state index contributed by atoms with van der Waals surface area (Å²) in [7, 11) is 0. The summed E-state index contributed by atoms with van der Waals surface area (Å²) < 4.78 is 0. The molecule has 0 aromatic heterocycles. The van der Waals surface area contributed by atoms with E-state index in [1.54, 1.807) is 0 Å². The number of amides is 5. The second kappa shape index (κ2) is 13.8. The monoisotopic (exact) mass is 478 g/mol. The first-order valence-electron chi connectivity index (χ1n) is 9.07. The lowest BCUT2D eigenvalue weighted by Crippen LogP contribution is -2.58. The molecule has 0 aliphatic rings. The molecule has 180 valence electrons. The van der Waals surface area contributed by atoms with Gasteiger partial charge in [-0.25, -0.2) is 4.79 Å². The number of carboxylic acids is 2. The molecule has 0 saturated heterocycles. The first-order valence-corrected chi connectivity index (χ1v) is 9.70. The molecule has 0 aromatic rings. The van der Waals surface area contributed by atoms with Crippen molar-refractivity contribution in [2.75, 3.05) is 5.75 Å². The van der Waals surface area contributed by atoms with Crippen LogP contribution >= 0.6 is 12.6 Å². The van der Waals surface area contributed by atoms with Crippen LogP contribution in [-0.4, -0.2) is 81.6 Å².